The second-order valence-electron chi connectivity index (χ2n) is 2.20. The molecule has 0 radical (unpaired) electrons. The predicted molar refractivity (Wildman–Crippen MR) is 42.5 cm³/mol. The molecular formula is C7H9ClN2O. The van der Waals surface area contributed by atoms with Crippen molar-refractivity contribution in [2.24, 2.45) is 0 Å². The van der Waals surface area contributed by atoms with Gasteiger partial charge in [0.05, 0.1) is 5.69 Å². The molecule has 11 heavy (non-hydrogen) atoms. The maximum absolute atomic E-state index is 8.46. The highest BCUT2D eigenvalue weighted by Gasteiger charge is 2.05. The minimum Gasteiger partial charge on any atom is -0.315 e. The van der Waals surface area contributed by atoms with E-state index in [0.29, 0.717) is 5.69 Å². The van der Waals surface area contributed by atoms with Gasteiger partial charge in [0.1, 0.15) is 5.50 Å². The molecule has 0 aliphatic carbocycles. The van der Waals surface area contributed by atoms with Crippen molar-refractivity contribution in [1.82, 2.24) is 10.5 Å². The third-order valence-corrected chi connectivity index (χ3v) is 1.60. The minimum atomic E-state index is -0.630. The van der Waals surface area contributed by atoms with Gasteiger partial charge in [0, 0.05) is 5.69 Å². The summed E-state index contributed by atoms with van der Waals surface area (Å²) >= 11 is 5.64. The van der Waals surface area contributed by atoms with Crippen LogP contribution in [0.5, 0.6) is 0 Å². The monoisotopic (exact) mass is 172 g/mol. The van der Waals surface area contributed by atoms with Crippen LogP contribution in [0.1, 0.15) is 16.9 Å². The molecule has 2 N–H and O–H groups in total. The summed E-state index contributed by atoms with van der Waals surface area (Å²) in [5, 5.41) is 8.46. The van der Waals surface area contributed by atoms with Crippen molar-refractivity contribution in [3.8, 4) is 0 Å². The topological polar surface area (TPSA) is 45.1 Å². The van der Waals surface area contributed by atoms with Gasteiger partial charge in [-0.05, 0) is 19.1 Å². The van der Waals surface area contributed by atoms with E-state index in [1.165, 1.54) is 0 Å². The predicted octanol–water partition coefficient (Wildman–Crippen LogP) is 1.61. The molecule has 0 aliphatic rings. The maximum Gasteiger partial charge on any atom is 0.147 e. The number of rotatable bonds is 2. The lowest BCUT2D eigenvalue weighted by Crippen LogP contribution is -2.12. The summed E-state index contributed by atoms with van der Waals surface area (Å²) < 4.78 is 0. The third-order valence-electron chi connectivity index (χ3n) is 1.28. The highest BCUT2D eigenvalue weighted by atomic mass is 35.5. The zero-order valence-corrected chi connectivity index (χ0v) is 6.84. The lowest BCUT2D eigenvalue weighted by Gasteiger charge is -2.05. The molecule has 0 bridgehead atoms. The molecule has 0 aromatic carbocycles. The maximum atomic E-state index is 8.46. The SMILES string of the molecule is Cc1cccc(C(Cl)NO)n1. The van der Waals surface area contributed by atoms with Gasteiger partial charge in [0.15, 0.2) is 0 Å². The number of hydrogen-bond donors (Lipinski definition) is 2. The number of aromatic nitrogens is 1. The standard InChI is InChI=1S/C7H9ClN2O/c1-5-3-2-4-6(9-5)7(8)10-11/h2-4,7,10-11H,1H3. The Hall–Kier alpha value is -0.640. The number of hydrogen-bond acceptors (Lipinski definition) is 3. The van der Waals surface area contributed by atoms with Gasteiger partial charge in [-0.1, -0.05) is 17.7 Å². The number of hydroxylamine groups is 1. The normalized spacial score (nSPS) is 13.0. The quantitative estimate of drug-likeness (QED) is 0.405. The molecule has 1 heterocycles. The lowest BCUT2D eigenvalue weighted by molar-refractivity contribution is 0.154. The first-order valence-electron chi connectivity index (χ1n) is 3.21. The van der Waals surface area contributed by atoms with Crippen molar-refractivity contribution in [1.29, 1.82) is 0 Å². The molecule has 4 heteroatoms. The number of pyridine rings is 1. The highest BCUT2D eigenvalue weighted by molar-refractivity contribution is 6.20. The van der Waals surface area contributed by atoms with Crippen LogP contribution in [0.25, 0.3) is 0 Å². The Morgan fingerprint density at radius 3 is 2.91 bits per heavy atom. The number of halogens is 1. The Balaban J connectivity index is 2.86. The smallest absolute Gasteiger partial charge is 0.147 e. The van der Waals surface area contributed by atoms with E-state index in [0.717, 1.165) is 5.69 Å². The number of alkyl halides is 1. The molecule has 1 unspecified atom stereocenters. The van der Waals surface area contributed by atoms with E-state index in [1.807, 2.05) is 24.5 Å². The van der Waals surface area contributed by atoms with E-state index in [9.17, 15) is 0 Å². The van der Waals surface area contributed by atoms with Crippen LogP contribution in [0.3, 0.4) is 0 Å². The van der Waals surface area contributed by atoms with Crippen molar-refractivity contribution in [3.05, 3.63) is 29.6 Å². The molecule has 0 fully saturated rings. The lowest BCUT2D eigenvalue weighted by atomic mass is 10.3. The summed E-state index contributed by atoms with van der Waals surface area (Å²) in [6, 6.07) is 5.45. The van der Waals surface area contributed by atoms with Crippen molar-refractivity contribution < 1.29 is 5.21 Å². The van der Waals surface area contributed by atoms with E-state index >= 15 is 0 Å². The van der Waals surface area contributed by atoms with E-state index in [2.05, 4.69) is 4.98 Å². The molecule has 0 saturated heterocycles. The van der Waals surface area contributed by atoms with E-state index in [-0.39, 0.29) is 0 Å². The Bertz CT molecular complexity index is 242. The van der Waals surface area contributed by atoms with Gasteiger partial charge < -0.3 is 5.21 Å². The van der Waals surface area contributed by atoms with Gasteiger partial charge in [-0.25, -0.2) is 0 Å². The van der Waals surface area contributed by atoms with E-state index < -0.39 is 5.50 Å². The molecular weight excluding hydrogens is 164 g/mol. The summed E-state index contributed by atoms with van der Waals surface area (Å²) in [4.78, 5) is 4.09. The largest absolute Gasteiger partial charge is 0.315 e. The summed E-state index contributed by atoms with van der Waals surface area (Å²) in [7, 11) is 0. The molecule has 0 amide bonds. The fourth-order valence-corrected chi connectivity index (χ4v) is 0.893. The van der Waals surface area contributed by atoms with Gasteiger partial charge >= 0.3 is 0 Å². The molecule has 1 rings (SSSR count). The van der Waals surface area contributed by atoms with Crippen LogP contribution in [0.4, 0.5) is 0 Å². The first-order chi connectivity index (χ1) is 5.24. The van der Waals surface area contributed by atoms with Gasteiger partial charge in [-0.2, -0.15) is 5.48 Å². The summed E-state index contributed by atoms with van der Waals surface area (Å²) in [5.41, 5.74) is 2.78. The molecule has 1 atom stereocenters. The Labute approximate surface area is 70.0 Å². The molecule has 0 aliphatic heterocycles. The number of nitrogens with one attached hydrogen (secondary N) is 1. The van der Waals surface area contributed by atoms with Crippen LogP contribution >= 0.6 is 11.6 Å². The second kappa shape index (κ2) is 3.67. The molecule has 1 aromatic rings. The fraction of sp³-hybridized carbons (Fsp3) is 0.286. The zero-order chi connectivity index (χ0) is 8.27. The molecule has 0 saturated carbocycles. The Morgan fingerprint density at radius 1 is 1.64 bits per heavy atom. The van der Waals surface area contributed by atoms with E-state index in [1.54, 1.807) is 6.07 Å². The summed E-state index contributed by atoms with van der Waals surface area (Å²) in [5.74, 6) is 0. The van der Waals surface area contributed by atoms with Crippen molar-refractivity contribution >= 4 is 11.6 Å². The average molecular weight is 173 g/mol. The minimum absolute atomic E-state index is 0.620. The van der Waals surface area contributed by atoms with Crippen LogP contribution in [0.15, 0.2) is 18.2 Å². The number of nitrogens with zero attached hydrogens (tertiary/aromatic N) is 1. The van der Waals surface area contributed by atoms with Gasteiger partial charge in [-0.3, -0.25) is 4.98 Å². The number of aryl methyl sites for hydroxylation is 1. The second-order valence-corrected chi connectivity index (χ2v) is 2.63. The highest BCUT2D eigenvalue weighted by Crippen LogP contribution is 2.13. The molecule has 1 aromatic heterocycles. The molecule has 3 nitrogen and oxygen atoms in total. The van der Waals surface area contributed by atoms with Crippen molar-refractivity contribution in [2.75, 3.05) is 0 Å². The van der Waals surface area contributed by atoms with Crippen LogP contribution in [-0.4, -0.2) is 10.2 Å². The fourth-order valence-electron chi connectivity index (χ4n) is 0.771. The van der Waals surface area contributed by atoms with Crippen LogP contribution in [-0.2, 0) is 0 Å². The van der Waals surface area contributed by atoms with Crippen LogP contribution in [0, 0.1) is 6.92 Å². The first kappa shape index (κ1) is 8.46. The summed E-state index contributed by atoms with van der Waals surface area (Å²) in [6.07, 6.45) is 0. The molecule has 0 spiro atoms. The van der Waals surface area contributed by atoms with Gasteiger partial charge in [-0.15, -0.1) is 0 Å². The zero-order valence-electron chi connectivity index (χ0n) is 6.08. The molecule has 60 valence electrons. The average Bonchev–Trinajstić information content (AvgIpc) is 2.03. The van der Waals surface area contributed by atoms with E-state index in [4.69, 9.17) is 16.8 Å². The summed E-state index contributed by atoms with van der Waals surface area (Å²) in [6.45, 7) is 1.87. The van der Waals surface area contributed by atoms with Crippen LogP contribution < -0.4 is 5.48 Å². The van der Waals surface area contributed by atoms with Gasteiger partial charge in [0.2, 0.25) is 0 Å². The Morgan fingerprint density at radius 2 is 2.36 bits per heavy atom. The third kappa shape index (κ3) is 2.15. The van der Waals surface area contributed by atoms with Crippen molar-refractivity contribution in [2.45, 2.75) is 12.4 Å². The van der Waals surface area contributed by atoms with Crippen LogP contribution in [0.2, 0.25) is 0 Å². The van der Waals surface area contributed by atoms with Crippen molar-refractivity contribution in [3.63, 3.8) is 0 Å². The van der Waals surface area contributed by atoms with Gasteiger partial charge in [0.25, 0.3) is 0 Å². The Kier molecular flexibility index (Phi) is 2.82. The first-order valence-corrected chi connectivity index (χ1v) is 3.65.